The van der Waals surface area contributed by atoms with E-state index in [0.717, 1.165) is 31.2 Å². The maximum absolute atomic E-state index is 14.0. The molecular formula is C27H29N3O2. The Hall–Kier alpha value is -2.86. The lowest BCUT2D eigenvalue weighted by atomic mass is 9.61. The first-order valence-corrected chi connectivity index (χ1v) is 11.4. The Morgan fingerprint density at radius 1 is 0.781 bits per heavy atom. The molecule has 0 bridgehead atoms. The summed E-state index contributed by atoms with van der Waals surface area (Å²) in [4.78, 5) is 27.6. The zero-order valence-electron chi connectivity index (χ0n) is 18.1. The van der Waals surface area contributed by atoms with Crippen LogP contribution in [0.5, 0.6) is 0 Å². The first-order valence-electron chi connectivity index (χ1n) is 11.4. The van der Waals surface area contributed by atoms with Gasteiger partial charge in [0.05, 0.1) is 5.54 Å². The highest BCUT2D eigenvalue weighted by molar-refractivity contribution is 6.29. The molecule has 1 saturated carbocycles. The number of benzene rings is 2. The number of nitrogens with one attached hydrogen (secondary N) is 1. The van der Waals surface area contributed by atoms with Crippen molar-refractivity contribution >= 4 is 11.6 Å². The molecule has 0 spiro atoms. The van der Waals surface area contributed by atoms with Gasteiger partial charge in [0.15, 0.2) is 11.6 Å². The monoisotopic (exact) mass is 427 g/mol. The molecule has 3 aliphatic rings. The predicted molar refractivity (Wildman–Crippen MR) is 125 cm³/mol. The van der Waals surface area contributed by atoms with Crippen LogP contribution in [0.15, 0.2) is 77.9 Å². The van der Waals surface area contributed by atoms with Gasteiger partial charge in [-0.25, -0.2) is 0 Å². The molecule has 0 amide bonds. The van der Waals surface area contributed by atoms with Crippen LogP contribution in [-0.4, -0.2) is 22.8 Å². The highest BCUT2D eigenvalue weighted by atomic mass is 16.1. The quantitative estimate of drug-likeness (QED) is 0.511. The summed E-state index contributed by atoms with van der Waals surface area (Å²) < 4.78 is 0. The second kappa shape index (κ2) is 7.93. The van der Waals surface area contributed by atoms with Gasteiger partial charge in [0, 0.05) is 28.8 Å². The molecular weight excluding hydrogens is 398 g/mol. The molecule has 2 aromatic rings. The average Bonchev–Trinajstić information content (AvgIpc) is 2.83. The maximum Gasteiger partial charge on any atom is 0.193 e. The van der Waals surface area contributed by atoms with E-state index in [0.29, 0.717) is 23.2 Å². The standard InChI is InChI=1S/C27H29N3O2/c28-27(29)16-15-26(19-11-5-2-6-12-19,30-17-18-9-3-1-4-10-18)22-23(27)25(32)21-14-8-7-13-20(21)24(22)31/h1,3-4,7-10,13-16,19,30H,2,5-6,11-12,17,28-29H2. The molecule has 0 aliphatic heterocycles. The zero-order valence-corrected chi connectivity index (χ0v) is 18.1. The molecule has 5 N–H and O–H groups in total. The molecule has 1 fully saturated rings. The SMILES string of the molecule is NC1(N)C=CC(NCc2ccccc2)(C2CCCCC2)C2=C1C(=O)c1ccccc1C2=O. The summed E-state index contributed by atoms with van der Waals surface area (Å²) in [5, 5.41) is 3.71. The van der Waals surface area contributed by atoms with Gasteiger partial charge in [-0.1, -0.05) is 79.9 Å². The number of hydrogen-bond donors (Lipinski definition) is 3. The Morgan fingerprint density at radius 3 is 2.03 bits per heavy atom. The fraction of sp³-hybridized carbons (Fsp3) is 0.333. The summed E-state index contributed by atoms with van der Waals surface area (Å²) in [6.07, 6.45) is 9.05. The third-order valence-corrected chi connectivity index (χ3v) is 7.27. The van der Waals surface area contributed by atoms with Crippen molar-refractivity contribution < 1.29 is 9.59 Å². The van der Waals surface area contributed by atoms with Gasteiger partial charge >= 0.3 is 0 Å². The molecule has 1 unspecified atom stereocenters. The molecule has 0 radical (unpaired) electrons. The Labute approximate surface area is 188 Å². The number of fused-ring (bicyclic) bond motifs is 1. The van der Waals surface area contributed by atoms with Gasteiger partial charge in [0.2, 0.25) is 0 Å². The van der Waals surface area contributed by atoms with Crippen LogP contribution in [0.1, 0.15) is 58.4 Å². The molecule has 5 heteroatoms. The second-order valence-electron chi connectivity index (χ2n) is 9.26. The van der Waals surface area contributed by atoms with E-state index >= 15 is 0 Å². The first-order chi connectivity index (χ1) is 15.4. The summed E-state index contributed by atoms with van der Waals surface area (Å²) in [5.41, 5.74) is 13.2. The fourth-order valence-corrected chi connectivity index (χ4v) is 5.65. The number of carbonyl (C=O) groups excluding carboxylic acids is 2. The minimum atomic E-state index is -1.48. The molecule has 2 aromatic carbocycles. The van der Waals surface area contributed by atoms with Crippen LogP contribution in [-0.2, 0) is 6.54 Å². The van der Waals surface area contributed by atoms with Crippen molar-refractivity contribution in [2.75, 3.05) is 0 Å². The number of ketones is 2. The van der Waals surface area contributed by atoms with E-state index in [1.165, 1.54) is 6.42 Å². The number of nitrogens with two attached hydrogens (primary N) is 2. The lowest BCUT2D eigenvalue weighted by molar-refractivity contribution is 0.0931. The van der Waals surface area contributed by atoms with Crippen LogP contribution < -0.4 is 16.8 Å². The number of carbonyl (C=O) groups is 2. The number of hydrogen-bond acceptors (Lipinski definition) is 5. The van der Waals surface area contributed by atoms with Crippen LogP contribution in [0.4, 0.5) is 0 Å². The summed E-state index contributed by atoms with van der Waals surface area (Å²) >= 11 is 0. The molecule has 0 aromatic heterocycles. The minimum absolute atomic E-state index is 0.147. The van der Waals surface area contributed by atoms with E-state index in [4.69, 9.17) is 11.5 Å². The fourth-order valence-electron chi connectivity index (χ4n) is 5.65. The Kier molecular flexibility index (Phi) is 5.20. The second-order valence-corrected chi connectivity index (χ2v) is 9.26. The van der Waals surface area contributed by atoms with Crippen molar-refractivity contribution in [1.29, 1.82) is 0 Å². The summed E-state index contributed by atoms with van der Waals surface area (Å²) in [5.74, 6) is -0.212. The molecule has 164 valence electrons. The lowest BCUT2D eigenvalue weighted by Gasteiger charge is -2.48. The normalized spacial score (nSPS) is 24.9. The topological polar surface area (TPSA) is 98.2 Å². The summed E-state index contributed by atoms with van der Waals surface area (Å²) in [7, 11) is 0. The Morgan fingerprint density at radius 2 is 1.38 bits per heavy atom. The van der Waals surface area contributed by atoms with E-state index in [1.807, 2.05) is 24.3 Å². The van der Waals surface area contributed by atoms with Crippen LogP contribution in [0.25, 0.3) is 0 Å². The van der Waals surface area contributed by atoms with Crippen LogP contribution in [0.3, 0.4) is 0 Å². The van der Waals surface area contributed by atoms with Crippen molar-refractivity contribution in [3.05, 3.63) is 94.6 Å². The van der Waals surface area contributed by atoms with Gasteiger partial charge in [-0.05, 0) is 30.4 Å². The molecule has 5 nitrogen and oxygen atoms in total. The van der Waals surface area contributed by atoms with Gasteiger partial charge < -0.3 is 11.5 Å². The van der Waals surface area contributed by atoms with Crippen molar-refractivity contribution in [2.45, 2.75) is 49.9 Å². The van der Waals surface area contributed by atoms with E-state index in [1.54, 1.807) is 30.3 Å². The molecule has 32 heavy (non-hydrogen) atoms. The number of Topliss-reactive ketones (excluding diaryl/α,β-unsaturated/α-hetero) is 2. The van der Waals surface area contributed by atoms with E-state index in [9.17, 15) is 9.59 Å². The van der Waals surface area contributed by atoms with Crippen molar-refractivity contribution in [2.24, 2.45) is 17.4 Å². The van der Waals surface area contributed by atoms with Gasteiger partial charge in [0.25, 0.3) is 0 Å². The van der Waals surface area contributed by atoms with Crippen molar-refractivity contribution in [3.8, 4) is 0 Å². The van der Waals surface area contributed by atoms with Gasteiger partial charge in [-0.2, -0.15) is 0 Å². The Bertz CT molecular complexity index is 1130. The molecule has 0 saturated heterocycles. The molecule has 3 aliphatic carbocycles. The van der Waals surface area contributed by atoms with Crippen molar-refractivity contribution in [1.82, 2.24) is 5.32 Å². The third kappa shape index (κ3) is 3.28. The van der Waals surface area contributed by atoms with Gasteiger partial charge in [-0.3, -0.25) is 14.9 Å². The highest BCUT2D eigenvalue weighted by Crippen LogP contribution is 2.46. The smallest absolute Gasteiger partial charge is 0.193 e. The Balaban J connectivity index is 1.69. The lowest BCUT2D eigenvalue weighted by Crippen LogP contribution is -2.63. The minimum Gasteiger partial charge on any atom is -0.306 e. The number of rotatable bonds is 4. The van der Waals surface area contributed by atoms with Crippen LogP contribution in [0, 0.1) is 5.92 Å². The molecule has 1 atom stereocenters. The van der Waals surface area contributed by atoms with Gasteiger partial charge in [-0.15, -0.1) is 0 Å². The molecule has 5 rings (SSSR count). The molecule has 0 heterocycles. The van der Waals surface area contributed by atoms with Crippen LogP contribution in [0.2, 0.25) is 0 Å². The zero-order chi connectivity index (χ0) is 22.3. The first kappa shape index (κ1) is 21.0. The average molecular weight is 428 g/mol. The largest absolute Gasteiger partial charge is 0.306 e. The van der Waals surface area contributed by atoms with Gasteiger partial charge in [0.1, 0.15) is 5.66 Å². The predicted octanol–water partition coefficient (Wildman–Crippen LogP) is 3.65. The summed E-state index contributed by atoms with van der Waals surface area (Å²) in [6.45, 7) is 0.573. The highest BCUT2D eigenvalue weighted by Gasteiger charge is 2.53. The van der Waals surface area contributed by atoms with E-state index in [-0.39, 0.29) is 23.1 Å². The van der Waals surface area contributed by atoms with Crippen molar-refractivity contribution in [3.63, 3.8) is 0 Å². The van der Waals surface area contributed by atoms with E-state index < -0.39 is 11.2 Å². The third-order valence-electron chi connectivity index (χ3n) is 7.27. The van der Waals surface area contributed by atoms with E-state index in [2.05, 4.69) is 17.4 Å². The van der Waals surface area contributed by atoms with Crippen LogP contribution >= 0.6 is 0 Å². The maximum atomic E-state index is 14.0. The summed E-state index contributed by atoms with van der Waals surface area (Å²) in [6, 6.07) is 17.1.